The fourth-order valence-electron chi connectivity index (χ4n) is 3.57. The van der Waals surface area contributed by atoms with Crippen molar-refractivity contribution in [2.45, 2.75) is 76.3 Å². The van der Waals surface area contributed by atoms with Gasteiger partial charge in [-0.25, -0.2) is 0 Å². The molecular weight excluding hydrogens is 338 g/mol. The molecule has 0 saturated heterocycles. The lowest BCUT2D eigenvalue weighted by Gasteiger charge is -2.25. The zero-order chi connectivity index (χ0) is 18.9. The van der Waals surface area contributed by atoms with Gasteiger partial charge in [-0.15, -0.1) is 0 Å². The van der Waals surface area contributed by atoms with Crippen LogP contribution in [0.3, 0.4) is 0 Å². The minimum Gasteiger partial charge on any atom is -0.494 e. The Balaban J connectivity index is 2.08. The van der Waals surface area contributed by atoms with Crippen molar-refractivity contribution in [2.24, 2.45) is 0 Å². The Morgan fingerprint density at radius 2 is 1.15 bits per heavy atom. The van der Waals surface area contributed by atoms with E-state index in [4.69, 9.17) is 5.11 Å². The van der Waals surface area contributed by atoms with Crippen LogP contribution in [0.4, 0.5) is 0 Å². The van der Waals surface area contributed by atoms with E-state index in [1.165, 1.54) is 0 Å². The number of carbonyl (C=O) groups excluding carboxylic acids is 2. The number of aliphatic hydroxyl groups is 1. The number of aliphatic hydroxyl groups excluding tert-OH is 1. The summed E-state index contributed by atoms with van der Waals surface area (Å²) in [7, 11) is 0. The first-order chi connectivity index (χ1) is 12.5. The van der Waals surface area contributed by atoms with Crippen molar-refractivity contribution in [3.63, 3.8) is 0 Å². The van der Waals surface area contributed by atoms with E-state index in [1.54, 1.807) is 0 Å². The van der Waals surface area contributed by atoms with Gasteiger partial charge in [-0.1, -0.05) is 38.5 Å². The number of aliphatic carboxylic acids is 1. The van der Waals surface area contributed by atoms with Gasteiger partial charge in [-0.2, -0.15) is 0 Å². The van der Waals surface area contributed by atoms with E-state index >= 15 is 0 Å². The minimum absolute atomic E-state index is 0.0268. The molecule has 0 aliphatic heterocycles. The second kappa shape index (κ2) is 10.0. The van der Waals surface area contributed by atoms with Crippen molar-refractivity contribution in [2.75, 3.05) is 6.54 Å². The number of carboxylic acids is 1. The highest BCUT2D eigenvalue weighted by atomic mass is 16.4. The molecule has 0 aromatic carbocycles. The lowest BCUT2D eigenvalue weighted by Crippen LogP contribution is -2.45. The highest BCUT2D eigenvalue weighted by molar-refractivity contribution is 6.18. The highest BCUT2D eigenvalue weighted by Crippen LogP contribution is 2.19. The van der Waals surface area contributed by atoms with Crippen LogP contribution < -0.4 is 16.0 Å². The molecule has 0 atom stereocenters. The molecule has 2 aliphatic carbocycles. The lowest BCUT2D eigenvalue weighted by atomic mass is 9.94. The molecule has 5 N–H and O–H groups in total. The number of amides is 2. The lowest BCUT2D eigenvalue weighted by molar-refractivity contribution is -0.136. The third kappa shape index (κ3) is 6.24. The molecule has 0 aromatic rings. The maximum Gasteiger partial charge on any atom is 0.322 e. The molecule has 8 heteroatoms. The summed E-state index contributed by atoms with van der Waals surface area (Å²) >= 11 is 0. The normalized spacial score (nSPS) is 18.6. The molecule has 0 unspecified atom stereocenters. The number of rotatable bonds is 7. The predicted molar refractivity (Wildman–Crippen MR) is 95.3 cm³/mol. The highest BCUT2D eigenvalue weighted by Gasteiger charge is 2.28. The van der Waals surface area contributed by atoms with Crippen LogP contribution in [0.15, 0.2) is 11.5 Å². The molecule has 0 spiro atoms. The van der Waals surface area contributed by atoms with E-state index in [1.807, 2.05) is 0 Å². The molecule has 2 rings (SSSR count). The van der Waals surface area contributed by atoms with E-state index in [0.717, 1.165) is 64.2 Å². The first-order valence-corrected chi connectivity index (χ1v) is 9.48. The maximum atomic E-state index is 12.6. The van der Waals surface area contributed by atoms with Crippen molar-refractivity contribution in [3.8, 4) is 0 Å². The molecule has 2 fully saturated rings. The number of nitrogens with one attached hydrogen (secondary N) is 3. The standard InChI is InChI=1S/C18H29N3O5/c22-14(23)11-19-16(24)15(17(25)20-12-7-3-1-4-8-12)18(26)21-13-9-5-2-6-10-13/h12-13,19,24H,1-11H2,(H,20,25)(H,21,26)(H,22,23). The van der Waals surface area contributed by atoms with Crippen LogP contribution >= 0.6 is 0 Å². The van der Waals surface area contributed by atoms with E-state index in [-0.39, 0.29) is 12.1 Å². The molecule has 8 nitrogen and oxygen atoms in total. The minimum atomic E-state index is -1.20. The van der Waals surface area contributed by atoms with Gasteiger partial charge in [0, 0.05) is 12.1 Å². The van der Waals surface area contributed by atoms with E-state index < -0.39 is 35.8 Å². The largest absolute Gasteiger partial charge is 0.494 e. The summed E-state index contributed by atoms with van der Waals surface area (Å²) < 4.78 is 0. The van der Waals surface area contributed by atoms with Crippen LogP contribution in [0, 0.1) is 0 Å². The van der Waals surface area contributed by atoms with Gasteiger partial charge in [0.1, 0.15) is 6.54 Å². The van der Waals surface area contributed by atoms with Crippen molar-refractivity contribution < 1.29 is 24.6 Å². The van der Waals surface area contributed by atoms with Crippen LogP contribution in [-0.2, 0) is 14.4 Å². The fourth-order valence-corrected chi connectivity index (χ4v) is 3.57. The summed E-state index contributed by atoms with van der Waals surface area (Å²) in [4.78, 5) is 35.9. The number of carbonyl (C=O) groups is 3. The van der Waals surface area contributed by atoms with Gasteiger partial charge in [-0.05, 0) is 25.7 Å². The average molecular weight is 367 g/mol. The summed E-state index contributed by atoms with van der Waals surface area (Å²) in [5.41, 5.74) is -0.442. The SMILES string of the molecule is O=C(O)CNC(O)=C(C(=O)NC1CCCCC1)C(=O)NC1CCCCC1. The van der Waals surface area contributed by atoms with Gasteiger partial charge in [0.05, 0.1) is 0 Å². The predicted octanol–water partition coefficient (Wildman–Crippen LogP) is 1.33. The molecule has 0 radical (unpaired) electrons. The second-order valence-corrected chi connectivity index (χ2v) is 7.09. The average Bonchev–Trinajstić information content (AvgIpc) is 2.61. The number of carboxylic acid groups (broad SMARTS) is 1. The van der Waals surface area contributed by atoms with Crippen LogP contribution in [0.25, 0.3) is 0 Å². The van der Waals surface area contributed by atoms with Gasteiger partial charge >= 0.3 is 5.97 Å². The number of hydrogen-bond acceptors (Lipinski definition) is 5. The molecular formula is C18H29N3O5. The zero-order valence-electron chi connectivity index (χ0n) is 15.1. The smallest absolute Gasteiger partial charge is 0.322 e. The third-order valence-corrected chi connectivity index (χ3v) is 4.98. The van der Waals surface area contributed by atoms with Crippen LogP contribution in [0.5, 0.6) is 0 Å². The van der Waals surface area contributed by atoms with Gasteiger partial charge in [0.25, 0.3) is 11.8 Å². The van der Waals surface area contributed by atoms with E-state index in [0.29, 0.717) is 0 Å². The van der Waals surface area contributed by atoms with Gasteiger partial charge in [0.2, 0.25) is 5.88 Å². The van der Waals surface area contributed by atoms with Crippen LogP contribution in [0.2, 0.25) is 0 Å². The first-order valence-electron chi connectivity index (χ1n) is 9.48. The monoisotopic (exact) mass is 367 g/mol. The van der Waals surface area contributed by atoms with Crippen molar-refractivity contribution in [1.82, 2.24) is 16.0 Å². The Hall–Kier alpha value is -2.25. The van der Waals surface area contributed by atoms with Crippen molar-refractivity contribution >= 4 is 17.8 Å². The maximum absolute atomic E-state index is 12.6. The summed E-state index contributed by atoms with van der Waals surface area (Å²) in [5.74, 6) is -3.23. The summed E-state index contributed by atoms with van der Waals surface area (Å²) in [5, 5.41) is 26.7. The molecule has 26 heavy (non-hydrogen) atoms. The molecule has 2 amide bonds. The van der Waals surface area contributed by atoms with Crippen molar-refractivity contribution in [1.29, 1.82) is 0 Å². The topological polar surface area (TPSA) is 128 Å². The van der Waals surface area contributed by atoms with Crippen molar-refractivity contribution in [3.05, 3.63) is 11.5 Å². The van der Waals surface area contributed by atoms with E-state index in [9.17, 15) is 19.5 Å². The zero-order valence-corrected chi connectivity index (χ0v) is 15.1. The Morgan fingerprint density at radius 1 is 0.731 bits per heavy atom. The Labute approximate surface area is 153 Å². The first kappa shape index (κ1) is 20.1. The Kier molecular flexibility index (Phi) is 7.74. The third-order valence-electron chi connectivity index (χ3n) is 4.98. The molecule has 0 heterocycles. The Bertz CT molecular complexity index is 515. The molecule has 2 aliphatic rings. The second-order valence-electron chi connectivity index (χ2n) is 7.09. The summed E-state index contributed by atoms with van der Waals surface area (Å²) in [6.07, 6.45) is 9.68. The van der Waals surface area contributed by atoms with Crippen LogP contribution in [0.1, 0.15) is 64.2 Å². The van der Waals surface area contributed by atoms with Gasteiger partial charge in [0.15, 0.2) is 5.57 Å². The fraction of sp³-hybridized carbons (Fsp3) is 0.722. The van der Waals surface area contributed by atoms with Crippen LogP contribution in [-0.4, -0.2) is 46.6 Å². The van der Waals surface area contributed by atoms with Gasteiger partial charge < -0.3 is 26.2 Å². The van der Waals surface area contributed by atoms with E-state index in [2.05, 4.69) is 16.0 Å². The molecule has 0 bridgehead atoms. The quantitative estimate of drug-likeness (QED) is 0.200. The summed E-state index contributed by atoms with van der Waals surface area (Å²) in [6, 6.07) is -0.0537. The molecule has 2 saturated carbocycles. The Morgan fingerprint density at radius 3 is 1.54 bits per heavy atom. The molecule has 146 valence electrons. The number of hydrogen-bond donors (Lipinski definition) is 5. The summed E-state index contributed by atoms with van der Waals surface area (Å²) in [6.45, 7) is -0.581. The molecule has 0 aromatic heterocycles. The van der Waals surface area contributed by atoms with Gasteiger partial charge in [-0.3, -0.25) is 14.4 Å².